The topological polar surface area (TPSA) is 9.23 Å². The minimum absolute atomic E-state index is 0. The van der Waals surface area contributed by atoms with Crippen molar-refractivity contribution < 1.29 is 32.3 Å². The second kappa shape index (κ2) is 409. The fraction of sp³-hybridized carbons (Fsp3) is 0. The van der Waals surface area contributed by atoms with Crippen LogP contribution in [0.4, 0.5) is 28.2 Å². The lowest BCUT2D eigenvalue weighted by Gasteiger charge is -1.62. The first-order chi connectivity index (χ1) is 1.41. The van der Waals surface area contributed by atoms with E-state index in [1.807, 2.05) is 0 Å². The van der Waals surface area contributed by atoms with E-state index >= 15 is 0 Å². The van der Waals surface area contributed by atoms with E-state index in [1.165, 1.54) is 0 Å². The molecule has 0 aromatic heterocycles. The second-order valence-corrected chi connectivity index (χ2v) is 3.67. The van der Waals surface area contributed by atoms with Gasteiger partial charge >= 0.3 is 0 Å². The standard InChI is InChI=1S/6FH.H6OSi2/c;;;;;;2-1-3/h6*1H;2-3H3. The van der Waals surface area contributed by atoms with Crippen molar-refractivity contribution in [3.05, 3.63) is 0 Å². The Morgan fingerprint density at radius 1 is 0.556 bits per heavy atom. The predicted molar refractivity (Wildman–Crippen MR) is 36.0 cm³/mol. The van der Waals surface area contributed by atoms with Gasteiger partial charge in [0.2, 0.25) is 0 Å². The third kappa shape index (κ3) is 413000. The zero-order valence-corrected chi connectivity index (χ0v) is 8.86. The van der Waals surface area contributed by atoms with E-state index in [2.05, 4.69) is 4.12 Å². The molecule has 0 aromatic carbocycles. The normalized spacial score (nSPS) is 2.67. The van der Waals surface area contributed by atoms with Crippen LogP contribution in [0.5, 0.6) is 0 Å². The monoisotopic (exact) mass is 198 g/mol. The van der Waals surface area contributed by atoms with Gasteiger partial charge < -0.3 is 4.12 Å². The number of hydrogen-bond donors (Lipinski definition) is 0. The molecule has 0 spiro atoms. The first-order valence-electron chi connectivity index (χ1n) is 0.816. The minimum Gasteiger partial charge on any atom is -0.471 e. The van der Waals surface area contributed by atoms with Crippen molar-refractivity contribution in [1.29, 1.82) is 0 Å². The Balaban J connectivity index is -0.00000000133. The van der Waals surface area contributed by atoms with Crippen LogP contribution in [0.25, 0.3) is 0 Å². The highest BCUT2D eigenvalue weighted by Gasteiger charge is 1.28. The maximum Gasteiger partial charge on any atom is 0.129 e. The molecule has 0 atom stereocenters. The van der Waals surface area contributed by atoms with Crippen molar-refractivity contribution in [3.8, 4) is 0 Å². The van der Waals surface area contributed by atoms with E-state index in [0.29, 0.717) is 0 Å². The van der Waals surface area contributed by atoms with Crippen LogP contribution in [-0.4, -0.2) is 21.0 Å². The number of hydrogen-bond acceptors (Lipinski definition) is 1. The molecule has 0 radical (unpaired) electrons. The summed E-state index contributed by atoms with van der Waals surface area (Å²) in [7, 11) is 1.86. The van der Waals surface area contributed by atoms with E-state index in [4.69, 9.17) is 0 Å². The molecular formula is H12F6OSi2. The Kier molecular flexibility index (Phi) is 6660. The summed E-state index contributed by atoms with van der Waals surface area (Å²) >= 11 is 0. The lowest BCUT2D eigenvalue weighted by molar-refractivity contribution is 0.690. The maximum absolute atomic E-state index is 4.53. The molecule has 0 aliphatic rings. The summed E-state index contributed by atoms with van der Waals surface area (Å²) in [5.74, 6) is 0. The molecule has 0 N–H and O–H groups in total. The van der Waals surface area contributed by atoms with Gasteiger partial charge in [-0.3, -0.25) is 28.2 Å². The quantitative estimate of drug-likeness (QED) is 0.339. The van der Waals surface area contributed by atoms with E-state index in [0.717, 1.165) is 21.0 Å². The van der Waals surface area contributed by atoms with Gasteiger partial charge in [0.25, 0.3) is 0 Å². The van der Waals surface area contributed by atoms with E-state index in [1.54, 1.807) is 0 Å². The molecule has 0 amide bonds. The van der Waals surface area contributed by atoms with Crippen LogP contribution in [0.1, 0.15) is 0 Å². The third-order valence-corrected chi connectivity index (χ3v) is 0. The summed E-state index contributed by atoms with van der Waals surface area (Å²) in [5.41, 5.74) is 0. The lowest BCUT2D eigenvalue weighted by Crippen LogP contribution is -1.65. The van der Waals surface area contributed by atoms with Crippen LogP contribution in [0.15, 0.2) is 0 Å². The predicted octanol–water partition coefficient (Wildman–Crippen LogP) is -1.52. The van der Waals surface area contributed by atoms with Crippen molar-refractivity contribution >= 4 is 21.0 Å². The summed E-state index contributed by atoms with van der Waals surface area (Å²) < 4.78 is 4.53. The molecule has 1 nitrogen and oxygen atoms in total. The highest BCUT2D eigenvalue weighted by atomic mass is 28.3. The second-order valence-electron chi connectivity index (χ2n) is 0.408. The fourth-order valence-corrected chi connectivity index (χ4v) is 0. The molecule has 68 valence electrons. The van der Waals surface area contributed by atoms with Gasteiger partial charge in [-0.05, 0) is 0 Å². The van der Waals surface area contributed by atoms with Gasteiger partial charge in [-0.1, -0.05) is 0 Å². The number of rotatable bonds is 0. The van der Waals surface area contributed by atoms with Gasteiger partial charge in [0, 0.05) is 0 Å². The summed E-state index contributed by atoms with van der Waals surface area (Å²) in [4.78, 5) is 0. The Hall–Kier alpha value is -0.0262. The van der Waals surface area contributed by atoms with Crippen LogP contribution in [0.3, 0.4) is 0 Å². The zero-order valence-electron chi connectivity index (χ0n) is 4.86. The van der Waals surface area contributed by atoms with Gasteiger partial charge in [0.1, 0.15) is 21.0 Å². The van der Waals surface area contributed by atoms with Crippen LogP contribution in [0, 0.1) is 0 Å². The molecule has 0 unspecified atom stereocenters. The molecule has 0 saturated heterocycles. The average Bonchev–Trinajstić information content (AvgIpc) is 0.918. The van der Waals surface area contributed by atoms with Crippen molar-refractivity contribution in [3.63, 3.8) is 0 Å². The fourth-order valence-electron chi connectivity index (χ4n) is 0. The zero-order chi connectivity index (χ0) is 2.71. The molecule has 0 aliphatic heterocycles. The lowest BCUT2D eigenvalue weighted by atomic mass is 15.8. The molecule has 0 bridgehead atoms. The molecule has 0 fully saturated rings. The summed E-state index contributed by atoms with van der Waals surface area (Å²) in [5, 5.41) is 0. The van der Waals surface area contributed by atoms with Gasteiger partial charge in [0.05, 0.1) is 0 Å². The molecule has 9 heavy (non-hydrogen) atoms. The van der Waals surface area contributed by atoms with Crippen LogP contribution < -0.4 is 0 Å². The van der Waals surface area contributed by atoms with Crippen molar-refractivity contribution in [1.82, 2.24) is 0 Å². The molecule has 0 aromatic rings. The Morgan fingerprint density at radius 3 is 0.556 bits per heavy atom. The van der Waals surface area contributed by atoms with E-state index in [9.17, 15) is 0 Å². The largest absolute Gasteiger partial charge is 0.471 e. The summed E-state index contributed by atoms with van der Waals surface area (Å²) in [6.45, 7) is 0. The Morgan fingerprint density at radius 2 is 0.556 bits per heavy atom. The molecule has 0 heterocycles. The summed E-state index contributed by atoms with van der Waals surface area (Å²) in [6.07, 6.45) is 0. The van der Waals surface area contributed by atoms with E-state index < -0.39 is 0 Å². The smallest absolute Gasteiger partial charge is 0.129 e. The van der Waals surface area contributed by atoms with E-state index in [-0.39, 0.29) is 28.2 Å². The molecular weight excluding hydrogens is 186 g/mol. The van der Waals surface area contributed by atoms with Crippen LogP contribution in [0.2, 0.25) is 0 Å². The van der Waals surface area contributed by atoms with Crippen molar-refractivity contribution in [2.45, 2.75) is 0 Å². The van der Waals surface area contributed by atoms with Gasteiger partial charge in [-0.2, -0.15) is 0 Å². The van der Waals surface area contributed by atoms with Crippen LogP contribution in [-0.2, 0) is 4.12 Å². The minimum atomic E-state index is 0. The Labute approximate surface area is 54.4 Å². The average molecular weight is 198 g/mol. The molecule has 9 heteroatoms. The highest BCUT2D eigenvalue weighted by molar-refractivity contribution is 6.15. The third-order valence-electron chi connectivity index (χ3n) is 0. The maximum atomic E-state index is 4.53. The summed E-state index contributed by atoms with van der Waals surface area (Å²) in [6, 6.07) is 0. The highest BCUT2D eigenvalue weighted by Crippen LogP contribution is 1.20. The number of halogens is 6. The molecule has 0 saturated carbocycles. The van der Waals surface area contributed by atoms with Gasteiger partial charge in [0.15, 0.2) is 0 Å². The SMILES string of the molecule is F.F.F.F.F.F.[SiH3]O[SiH3]. The van der Waals surface area contributed by atoms with Crippen molar-refractivity contribution in [2.24, 2.45) is 0 Å². The van der Waals surface area contributed by atoms with Crippen molar-refractivity contribution in [2.75, 3.05) is 0 Å². The first kappa shape index (κ1) is 146. The van der Waals surface area contributed by atoms with Gasteiger partial charge in [-0.25, -0.2) is 0 Å². The Bertz CT molecular complexity index is 11.0. The van der Waals surface area contributed by atoms with Crippen LogP contribution >= 0.6 is 0 Å². The molecule has 0 aliphatic carbocycles. The molecule has 0 rings (SSSR count). The first-order valence-corrected chi connectivity index (χ1v) is 2.45. The van der Waals surface area contributed by atoms with Gasteiger partial charge in [-0.15, -0.1) is 0 Å².